The Kier molecular flexibility index (Phi) is 4.77. The molecule has 2 atom stereocenters. The number of hydrogen-bond donors (Lipinski definition) is 1. The van der Waals surface area contributed by atoms with Crippen molar-refractivity contribution < 1.29 is 9.59 Å². The summed E-state index contributed by atoms with van der Waals surface area (Å²) in [5.74, 6) is 0.0830. The fraction of sp³-hybridized carbons (Fsp3) is 0.833. The molecule has 2 unspecified atom stereocenters. The van der Waals surface area contributed by atoms with Crippen LogP contribution in [-0.4, -0.2) is 35.3 Å². The number of hydrogen-bond acceptors (Lipinski definition) is 2. The van der Waals surface area contributed by atoms with Gasteiger partial charge in [0.2, 0.25) is 11.8 Å². The van der Waals surface area contributed by atoms with Gasteiger partial charge in [0.25, 0.3) is 0 Å². The molecule has 4 nitrogen and oxygen atoms in total. The lowest BCUT2D eigenvalue weighted by atomic mass is 10.1. The van der Waals surface area contributed by atoms with Crippen LogP contribution in [0.15, 0.2) is 0 Å². The summed E-state index contributed by atoms with van der Waals surface area (Å²) in [7, 11) is 0. The van der Waals surface area contributed by atoms with Gasteiger partial charge < -0.3 is 10.2 Å². The van der Waals surface area contributed by atoms with E-state index in [1.165, 1.54) is 0 Å². The van der Waals surface area contributed by atoms with Crippen LogP contribution in [0.3, 0.4) is 0 Å². The third-order valence-corrected chi connectivity index (χ3v) is 3.20. The maximum Gasteiger partial charge on any atom is 0.245 e. The average molecular weight is 226 g/mol. The number of carbonyl (C=O) groups is 2. The van der Waals surface area contributed by atoms with Crippen LogP contribution in [0.25, 0.3) is 0 Å². The van der Waals surface area contributed by atoms with Crippen molar-refractivity contribution in [3.05, 3.63) is 0 Å². The van der Waals surface area contributed by atoms with Crippen LogP contribution in [0.2, 0.25) is 0 Å². The Balaban J connectivity index is 2.78. The van der Waals surface area contributed by atoms with Gasteiger partial charge in [-0.05, 0) is 19.8 Å². The van der Waals surface area contributed by atoms with Crippen molar-refractivity contribution in [3.8, 4) is 0 Å². The zero-order chi connectivity index (χ0) is 12.1. The van der Waals surface area contributed by atoms with Gasteiger partial charge in [0.1, 0.15) is 6.04 Å². The van der Waals surface area contributed by atoms with Crippen LogP contribution < -0.4 is 5.32 Å². The molecular weight excluding hydrogens is 204 g/mol. The lowest BCUT2D eigenvalue weighted by Gasteiger charge is -2.29. The minimum Gasteiger partial charge on any atom is -0.344 e. The molecule has 4 heteroatoms. The van der Waals surface area contributed by atoms with Crippen LogP contribution in [0.1, 0.15) is 46.5 Å². The molecule has 0 bridgehead atoms. The van der Waals surface area contributed by atoms with Gasteiger partial charge in [-0.3, -0.25) is 9.59 Å². The van der Waals surface area contributed by atoms with Crippen molar-refractivity contribution in [1.29, 1.82) is 0 Å². The fourth-order valence-corrected chi connectivity index (χ4v) is 2.00. The molecule has 1 saturated heterocycles. The first-order valence-electron chi connectivity index (χ1n) is 6.20. The summed E-state index contributed by atoms with van der Waals surface area (Å²) in [4.78, 5) is 25.5. The molecule has 1 N–H and O–H groups in total. The maximum atomic E-state index is 12.2. The summed E-state index contributed by atoms with van der Waals surface area (Å²) in [6.45, 7) is 6.68. The minimum atomic E-state index is -0.311. The van der Waals surface area contributed by atoms with Crippen molar-refractivity contribution in [3.63, 3.8) is 0 Å². The highest BCUT2D eigenvalue weighted by atomic mass is 16.2. The molecule has 0 aromatic carbocycles. The quantitative estimate of drug-likeness (QED) is 0.785. The highest BCUT2D eigenvalue weighted by Crippen LogP contribution is 2.13. The lowest BCUT2D eigenvalue weighted by Crippen LogP contribution is -2.47. The van der Waals surface area contributed by atoms with E-state index in [0.29, 0.717) is 13.0 Å². The standard InChI is InChI=1S/C12H22N2O2/c1-4-6-10-12(16)14(9(3)5-2)8-7-11(15)13-10/h9-10H,4-8H2,1-3H3,(H,13,15). The summed E-state index contributed by atoms with van der Waals surface area (Å²) in [6.07, 6.45) is 3.00. The molecule has 0 aromatic heterocycles. The largest absolute Gasteiger partial charge is 0.344 e. The summed E-state index contributed by atoms with van der Waals surface area (Å²) in [5, 5.41) is 2.81. The van der Waals surface area contributed by atoms with Crippen molar-refractivity contribution in [1.82, 2.24) is 10.2 Å². The van der Waals surface area contributed by atoms with Gasteiger partial charge in [0.15, 0.2) is 0 Å². The van der Waals surface area contributed by atoms with Crippen LogP contribution in [-0.2, 0) is 9.59 Å². The van der Waals surface area contributed by atoms with Crippen LogP contribution in [0, 0.1) is 0 Å². The number of nitrogens with one attached hydrogen (secondary N) is 1. The van der Waals surface area contributed by atoms with Gasteiger partial charge in [-0.2, -0.15) is 0 Å². The highest BCUT2D eigenvalue weighted by Gasteiger charge is 2.30. The van der Waals surface area contributed by atoms with Crippen LogP contribution >= 0.6 is 0 Å². The molecule has 0 aliphatic carbocycles. The summed E-state index contributed by atoms with van der Waals surface area (Å²) < 4.78 is 0. The molecule has 0 radical (unpaired) electrons. The van der Waals surface area contributed by atoms with Crippen molar-refractivity contribution in [2.24, 2.45) is 0 Å². The first-order chi connectivity index (χ1) is 7.60. The van der Waals surface area contributed by atoms with E-state index in [4.69, 9.17) is 0 Å². The summed E-state index contributed by atoms with van der Waals surface area (Å²) in [6, 6.07) is -0.0893. The number of nitrogens with zero attached hydrogens (tertiary/aromatic N) is 1. The number of amides is 2. The Hall–Kier alpha value is -1.06. The average Bonchev–Trinajstić information content (AvgIpc) is 2.40. The zero-order valence-corrected chi connectivity index (χ0v) is 10.5. The number of carbonyl (C=O) groups excluding carboxylic acids is 2. The predicted molar refractivity (Wildman–Crippen MR) is 62.9 cm³/mol. The molecule has 0 spiro atoms. The van der Waals surface area contributed by atoms with E-state index in [-0.39, 0.29) is 23.9 Å². The predicted octanol–water partition coefficient (Wildman–Crippen LogP) is 1.30. The Morgan fingerprint density at radius 1 is 1.44 bits per heavy atom. The van der Waals surface area contributed by atoms with Crippen molar-refractivity contribution in [2.45, 2.75) is 58.5 Å². The van der Waals surface area contributed by atoms with E-state index < -0.39 is 0 Å². The normalized spacial score (nSPS) is 23.9. The first-order valence-corrected chi connectivity index (χ1v) is 6.20. The lowest BCUT2D eigenvalue weighted by molar-refractivity contribution is -0.135. The van der Waals surface area contributed by atoms with Crippen LogP contribution in [0.5, 0.6) is 0 Å². The molecular formula is C12H22N2O2. The molecule has 1 heterocycles. The second kappa shape index (κ2) is 5.87. The van der Waals surface area contributed by atoms with Gasteiger partial charge in [-0.1, -0.05) is 20.3 Å². The minimum absolute atomic E-state index is 0.00222. The SMILES string of the molecule is CCCC1NC(=O)CCN(C(C)CC)C1=O. The van der Waals surface area contributed by atoms with Crippen LogP contribution in [0.4, 0.5) is 0 Å². The topological polar surface area (TPSA) is 49.4 Å². The van der Waals surface area contributed by atoms with Gasteiger partial charge in [0.05, 0.1) is 0 Å². The molecule has 92 valence electrons. The molecule has 1 aliphatic rings. The Morgan fingerprint density at radius 3 is 2.69 bits per heavy atom. The van der Waals surface area contributed by atoms with E-state index in [1.54, 1.807) is 0 Å². The molecule has 0 saturated carbocycles. The molecule has 1 fully saturated rings. The van der Waals surface area contributed by atoms with E-state index >= 15 is 0 Å². The van der Waals surface area contributed by atoms with E-state index in [9.17, 15) is 9.59 Å². The maximum absolute atomic E-state index is 12.2. The molecule has 16 heavy (non-hydrogen) atoms. The molecule has 0 aromatic rings. The summed E-state index contributed by atoms with van der Waals surface area (Å²) >= 11 is 0. The van der Waals surface area contributed by atoms with Gasteiger partial charge in [0, 0.05) is 19.0 Å². The highest BCUT2D eigenvalue weighted by molar-refractivity contribution is 5.90. The Bertz CT molecular complexity index is 266. The fourth-order valence-electron chi connectivity index (χ4n) is 2.00. The second-order valence-electron chi connectivity index (χ2n) is 4.45. The third-order valence-electron chi connectivity index (χ3n) is 3.20. The first kappa shape index (κ1) is 13.0. The molecule has 1 rings (SSSR count). The van der Waals surface area contributed by atoms with Crippen molar-refractivity contribution >= 4 is 11.8 Å². The van der Waals surface area contributed by atoms with Gasteiger partial charge in [-0.15, -0.1) is 0 Å². The summed E-state index contributed by atoms with van der Waals surface area (Å²) in [5.41, 5.74) is 0. The molecule has 1 aliphatic heterocycles. The molecule has 2 amide bonds. The monoisotopic (exact) mass is 226 g/mol. The third kappa shape index (κ3) is 2.97. The van der Waals surface area contributed by atoms with Crippen molar-refractivity contribution in [2.75, 3.05) is 6.54 Å². The Labute approximate surface area is 97.4 Å². The smallest absolute Gasteiger partial charge is 0.245 e. The van der Waals surface area contributed by atoms with E-state index in [2.05, 4.69) is 12.2 Å². The zero-order valence-electron chi connectivity index (χ0n) is 10.5. The van der Waals surface area contributed by atoms with Gasteiger partial charge >= 0.3 is 0 Å². The Morgan fingerprint density at radius 2 is 2.12 bits per heavy atom. The van der Waals surface area contributed by atoms with E-state index in [0.717, 1.165) is 19.3 Å². The second-order valence-corrected chi connectivity index (χ2v) is 4.45. The van der Waals surface area contributed by atoms with Gasteiger partial charge in [-0.25, -0.2) is 0 Å². The number of rotatable bonds is 4. The van der Waals surface area contributed by atoms with E-state index in [1.807, 2.05) is 18.7 Å².